The Labute approximate surface area is 104 Å². The second kappa shape index (κ2) is 6.39. The Kier molecular flexibility index (Phi) is 4.84. The Bertz CT molecular complexity index is 249. The summed E-state index contributed by atoms with van der Waals surface area (Å²) in [4.78, 5) is 12.1. The minimum absolute atomic E-state index is 0.0218. The first kappa shape index (κ1) is 12.9. The highest BCUT2D eigenvalue weighted by Gasteiger charge is 2.30. The average molecular weight is 239 g/mol. The van der Waals surface area contributed by atoms with E-state index in [4.69, 9.17) is 10.5 Å². The van der Waals surface area contributed by atoms with E-state index < -0.39 is 0 Å². The minimum atomic E-state index is -0.0422. The smallest absolute Gasteiger partial charge is 0.310 e. The Hall–Kier alpha value is -0.570. The zero-order valence-electron chi connectivity index (χ0n) is 10.7. The molecule has 0 aliphatic heterocycles. The van der Waals surface area contributed by atoms with Crippen LogP contribution in [0.5, 0.6) is 0 Å². The molecule has 3 nitrogen and oxygen atoms in total. The number of nitrogens with two attached hydrogens (primary N) is 1. The summed E-state index contributed by atoms with van der Waals surface area (Å²) in [5.74, 6) is -0.0641. The van der Waals surface area contributed by atoms with Crippen molar-refractivity contribution in [1.29, 1.82) is 0 Å². The highest BCUT2D eigenvalue weighted by molar-refractivity contribution is 5.73. The summed E-state index contributed by atoms with van der Waals surface area (Å²) in [6.07, 6.45) is 11.4. The lowest BCUT2D eigenvalue weighted by Crippen LogP contribution is -2.37. The summed E-state index contributed by atoms with van der Waals surface area (Å²) < 4.78 is 5.64. The van der Waals surface area contributed by atoms with Gasteiger partial charge in [-0.05, 0) is 38.5 Å². The third kappa shape index (κ3) is 3.70. The molecule has 2 rings (SSSR count). The van der Waals surface area contributed by atoms with Crippen LogP contribution in [-0.4, -0.2) is 18.1 Å². The number of carbonyl (C=O) groups is 1. The zero-order chi connectivity index (χ0) is 12.1. The number of rotatable bonds is 2. The molecule has 2 fully saturated rings. The van der Waals surface area contributed by atoms with Gasteiger partial charge in [0.1, 0.15) is 6.10 Å². The first-order valence-corrected chi connectivity index (χ1v) is 7.23. The maximum atomic E-state index is 12.1. The van der Waals surface area contributed by atoms with Crippen molar-refractivity contribution in [2.75, 3.05) is 0 Å². The van der Waals surface area contributed by atoms with Gasteiger partial charge in [-0.2, -0.15) is 0 Å². The van der Waals surface area contributed by atoms with Crippen molar-refractivity contribution < 1.29 is 9.53 Å². The molecule has 0 amide bonds. The normalized spacial score (nSPS) is 31.8. The molecule has 0 saturated heterocycles. The van der Waals surface area contributed by atoms with Crippen molar-refractivity contribution in [3.63, 3.8) is 0 Å². The highest BCUT2D eigenvalue weighted by atomic mass is 16.5. The van der Waals surface area contributed by atoms with Gasteiger partial charge in [0.05, 0.1) is 5.92 Å². The molecule has 0 aromatic rings. The second-order valence-electron chi connectivity index (χ2n) is 5.61. The van der Waals surface area contributed by atoms with E-state index in [2.05, 4.69) is 0 Å². The van der Waals surface area contributed by atoms with E-state index in [0.29, 0.717) is 0 Å². The summed E-state index contributed by atoms with van der Waals surface area (Å²) in [7, 11) is 0. The standard InChI is InChI=1S/C14H25NO2/c15-13-10-6-2-5-9-12(13)14(16)17-11-7-3-1-4-8-11/h11-13H,1-10,15H2. The summed E-state index contributed by atoms with van der Waals surface area (Å²) in [5, 5.41) is 0. The number of ether oxygens (including phenoxy) is 1. The Morgan fingerprint density at radius 1 is 0.882 bits per heavy atom. The molecule has 98 valence electrons. The van der Waals surface area contributed by atoms with Crippen LogP contribution in [-0.2, 0) is 9.53 Å². The predicted molar refractivity (Wildman–Crippen MR) is 67.5 cm³/mol. The first-order chi connectivity index (χ1) is 8.27. The maximum absolute atomic E-state index is 12.1. The molecule has 2 unspecified atom stereocenters. The zero-order valence-corrected chi connectivity index (χ0v) is 10.7. The molecule has 3 heteroatoms. The summed E-state index contributed by atoms with van der Waals surface area (Å²) in [5.41, 5.74) is 6.08. The van der Waals surface area contributed by atoms with Crippen molar-refractivity contribution in [3.05, 3.63) is 0 Å². The van der Waals surface area contributed by atoms with Crippen LogP contribution >= 0.6 is 0 Å². The SMILES string of the molecule is NC1CCCCCC1C(=O)OC1CCCCC1. The molecule has 2 N–H and O–H groups in total. The van der Waals surface area contributed by atoms with Gasteiger partial charge in [-0.1, -0.05) is 25.7 Å². The third-order valence-corrected chi connectivity index (χ3v) is 4.21. The van der Waals surface area contributed by atoms with E-state index in [1.54, 1.807) is 0 Å². The van der Waals surface area contributed by atoms with Crippen molar-refractivity contribution in [2.45, 2.75) is 76.4 Å². The number of esters is 1. The quantitative estimate of drug-likeness (QED) is 0.595. The number of hydrogen-bond acceptors (Lipinski definition) is 3. The van der Waals surface area contributed by atoms with Crippen molar-refractivity contribution in [1.82, 2.24) is 0 Å². The Balaban J connectivity index is 1.84. The van der Waals surface area contributed by atoms with E-state index in [1.165, 1.54) is 25.7 Å². The fraction of sp³-hybridized carbons (Fsp3) is 0.929. The second-order valence-corrected chi connectivity index (χ2v) is 5.61. The molecule has 17 heavy (non-hydrogen) atoms. The molecule has 0 spiro atoms. The van der Waals surface area contributed by atoms with Crippen LogP contribution in [0.2, 0.25) is 0 Å². The van der Waals surface area contributed by atoms with Gasteiger partial charge in [0.25, 0.3) is 0 Å². The van der Waals surface area contributed by atoms with Gasteiger partial charge >= 0.3 is 5.97 Å². The lowest BCUT2D eigenvalue weighted by atomic mass is 9.94. The van der Waals surface area contributed by atoms with Crippen molar-refractivity contribution >= 4 is 5.97 Å². The molecular formula is C14H25NO2. The van der Waals surface area contributed by atoms with Gasteiger partial charge in [0.15, 0.2) is 0 Å². The molecule has 0 aromatic carbocycles. The number of carbonyl (C=O) groups excluding carboxylic acids is 1. The molecule has 2 aliphatic rings. The van der Waals surface area contributed by atoms with Crippen LogP contribution in [0.25, 0.3) is 0 Å². The fourth-order valence-electron chi connectivity index (χ4n) is 3.06. The minimum Gasteiger partial charge on any atom is -0.462 e. The summed E-state index contributed by atoms with van der Waals surface area (Å²) in [6, 6.07) is 0.0218. The predicted octanol–water partition coefficient (Wildman–Crippen LogP) is 2.77. The largest absolute Gasteiger partial charge is 0.462 e. The van der Waals surface area contributed by atoms with Crippen LogP contribution in [0, 0.1) is 5.92 Å². The van der Waals surface area contributed by atoms with Gasteiger partial charge in [0, 0.05) is 6.04 Å². The van der Waals surface area contributed by atoms with E-state index in [1.807, 2.05) is 0 Å². The topological polar surface area (TPSA) is 52.3 Å². The van der Waals surface area contributed by atoms with Crippen LogP contribution < -0.4 is 5.73 Å². The van der Waals surface area contributed by atoms with Gasteiger partial charge < -0.3 is 10.5 Å². The average Bonchev–Trinajstić information content (AvgIpc) is 2.55. The first-order valence-electron chi connectivity index (χ1n) is 7.23. The highest BCUT2D eigenvalue weighted by Crippen LogP contribution is 2.26. The van der Waals surface area contributed by atoms with E-state index >= 15 is 0 Å². The molecule has 0 aromatic heterocycles. The summed E-state index contributed by atoms with van der Waals surface area (Å²) in [6.45, 7) is 0. The fourth-order valence-corrected chi connectivity index (χ4v) is 3.06. The van der Waals surface area contributed by atoms with Gasteiger partial charge in [-0.15, -0.1) is 0 Å². The third-order valence-electron chi connectivity index (χ3n) is 4.21. The summed E-state index contributed by atoms with van der Waals surface area (Å²) >= 11 is 0. The van der Waals surface area contributed by atoms with Crippen LogP contribution in [0.4, 0.5) is 0 Å². The monoisotopic (exact) mass is 239 g/mol. The molecule has 0 heterocycles. The number of hydrogen-bond donors (Lipinski definition) is 1. The van der Waals surface area contributed by atoms with Gasteiger partial charge in [-0.25, -0.2) is 0 Å². The van der Waals surface area contributed by atoms with E-state index in [9.17, 15) is 4.79 Å². The van der Waals surface area contributed by atoms with Crippen molar-refractivity contribution in [3.8, 4) is 0 Å². The van der Waals surface area contributed by atoms with Gasteiger partial charge in [-0.3, -0.25) is 4.79 Å². The molecule has 2 atom stereocenters. The molecule has 2 aliphatic carbocycles. The van der Waals surface area contributed by atoms with Gasteiger partial charge in [0.2, 0.25) is 0 Å². The molecule has 0 radical (unpaired) electrons. The lowest BCUT2D eigenvalue weighted by Gasteiger charge is -2.26. The van der Waals surface area contributed by atoms with Crippen molar-refractivity contribution in [2.24, 2.45) is 11.7 Å². The molecule has 2 saturated carbocycles. The molecule has 0 bridgehead atoms. The Morgan fingerprint density at radius 3 is 2.18 bits per heavy atom. The van der Waals surface area contributed by atoms with E-state index in [-0.39, 0.29) is 24.0 Å². The lowest BCUT2D eigenvalue weighted by molar-refractivity contribution is -0.156. The maximum Gasteiger partial charge on any atom is 0.310 e. The van der Waals surface area contributed by atoms with Crippen LogP contribution in [0.15, 0.2) is 0 Å². The van der Waals surface area contributed by atoms with Crippen LogP contribution in [0.3, 0.4) is 0 Å². The Morgan fingerprint density at radius 2 is 1.47 bits per heavy atom. The van der Waals surface area contributed by atoms with E-state index in [0.717, 1.165) is 38.5 Å². The van der Waals surface area contributed by atoms with Crippen LogP contribution in [0.1, 0.15) is 64.2 Å². The molecular weight excluding hydrogens is 214 g/mol.